The average Bonchev–Trinajstić information content (AvgIpc) is 3.13. The van der Waals surface area contributed by atoms with E-state index in [2.05, 4.69) is 10.2 Å². The summed E-state index contributed by atoms with van der Waals surface area (Å²) >= 11 is 0. The van der Waals surface area contributed by atoms with Crippen LogP contribution < -0.4 is 14.2 Å². The molecule has 25 heavy (non-hydrogen) atoms. The lowest BCUT2D eigenvalue weighted by atomic mass is 10.2. The summed E-state index contributed by atoms with van der Waals surface area (Å²) in [6, 6.07) is 13.1. The van der Waals surface area contributed by atoms with E-state index >= 15 is 0 Å². The topological polar surface area (TPSA) is 66.6 Å². The standard InChI is InChI=1S/C19H20N2O4/c1-4-23-16-11-10-13(12-17(16)24-5-2)18-20-21-19(25-18)14-8-6-7-9-15(14)22-3/h6-12H,4-5H2,1-3H3. The molecule has 1 heterocycles. The summed E-state index contributed by atoms with van der Waals surface area (Å²) in [6.45, 7) is 4.97. The molecule has 3 aromatic rings. The highest BCUT2D eigenvalue weighted by molar-refractivity contribution is 5.65. The summed E-state index contributed by atoms with van der Waals surface area (Å²) in [6.07, 6.45) is 0. The number of hydrogen-bond acceptors (Lipinski definition) is 6. The van der Waals surface area contributed by atoms with Crippen LogP contribution in [0.5, 0.6) is 17.2 Å². The summed E-state index contributed by atoms with van der Waals surface area (Å²) in [5.41, 5.74) is 1.51. The zero-order valence-corrected chi connectivity index (χ0v) is 14.5. The van der Waals surface area contributed by atoms with Crippen molar-refractivity contribution in [2.45, 2.75) is 13.8 Å². The van der Waals surface area contributed by atoms with Gasteiger partial charge in [0.05, 0.1) is 25.9 Å². The minimum atomic E-state index is 0.402. The maximum Gasteiger partial charge on any atom is 0.251 e. The van der Waals surface area contributed by atoms with Crippen LogP contribution in [0, 0.1) is 0 Å². The van der Waals surface area contributed by atoms with Crippen LogP contribution in [-0.2, 0) is 0 Å². The zero-order chi connectivity index (χ0) is 17.6. The van der Waals surface area contributed by atoms with Crippen LogP contribution in [0.3, 0.4) is 0 Å². The first-order valence-electron chi connectivity index (χ1n) is 8.13. The molecule has 0 saturated heterocycles. The Morgan fingerprint density at radius 1 is 0.840 bits per heavy atom. The Labute approximate surface area is 146 Å². The van der Waals surface area contributed by atoms with E-state index in [4.69, 9.17) is 18.6 Å². The van der Waals surface area contributed by atoms with Gasteiger partial charge in [-0.25, -0.2) is 0 Å². The minimum Gasteiger partial charge on any atom is -0.496 e. The third-order valence-corrected chi connectivity index (χ3v) is 3.55. The predicted molar refractivity (Wildman–Crippen MR) is 94.1 cm³/mol. The lowest BCUT2D eigenvalue weighted by Crippen LogP contribution is -1.98. The molecule has 1 aromatic heterocycles. The molecule has 0 spiro atoms. The van der Waals surface area contributed by atoms with E-state index in [0.717, 1.165) is 11.1 Å². The van der Waals surface area contributed by atoms with Gasteiger partial charge in [-0.1, -0.05) is 12.1 Å². The number of methoxy groups -OCH3 is 1. The van der Waals surface area contributed by atoms with Gasteiger partial charge in [-0.15, -0.1) is 10.2 Å². The number of rotatable bonds is 7. The van der Waals surface area contributed by atoms with Gasteiger partial charge in [0.2, 0.25) is 5.89 Å². The van der Waals surface area contributed by atoms with Crippen molar-refractivity contribution in [3.05, 3.63) is 42.5 Å². The van der Waals surface area contributed by atoms with Crippen molar-refractivity contribution >= 4 is 0 Å². The normalized spacial score (nSPS) is 10.5. The van der Waals surface area contributed by atoms with Crippen LogP contribution in [-0.4, -0.2) is 30.5 Å². The van der Waals surface area contributed by atoms with E-state index in [-0.39, 0.29) is 0 Å². The number of para-hydroxylation sites is 1. The summed E-state index contributed by atoms with van der Waals surface area (Å²) < 4.78 is 22.4. The van der Waals surface area contributed by atoms with Gasteiger partial charge in [0, 0.05) is 5.56 Å². The Morgan fingerprint density at radius 2 is 1.56 bits per heavy atom. The predicted octanol–water partition coefficient (Wildman–Crippen LogP) is 4.21. The maximum atomic E-state index is 5.83. The van der Waals surface area contributed by atoms with Gasteiger partial charge in [-0.3, -0.25) is 0 Å². The molecule has 0 aliphatic rings. The molecule has 6 heteroatoms. The Bertz CT molecular complexity index is 845. The van der Waals surface area contributed by atoms with Gasteiger partial charge in [0.1, 0.15) is 5.75 Å². The van der Waals surface area contributed by atoms with Crippen molar-refractivity contribution in [3.8, 4) is 40.2 Å². The Hall–Kier alpha value is -3.02. The monoisotopic (exact) mass is 340 g/mol. The summed E-state index contributed by atoms with van der Waals surface area (Å²) in [7, 11) is 1.61. The molecule has 0 radical (unpaired) electrons. The summed E-state index contributed by atoms with van der Waals surface area (Å²) in [5, 5.41) is 8.28. The van der Waals surface area contributed by atoms with Gasteiger partial charge >= 0.3 is 0 Å². The van der Waals surface area contributed by atoms with Crippen molar-refractivity contribution in [2.75, 3.05) is 20.3 Å². The van der Waals surface area contributed by atoms with Gasteiger partial charge in [0.25, 0.3) is 5.89 Å². The fourth-order valence-electron chi connectivity index (χ4n) is 2.45. The van der Waals surface area contributed by atoms with Crippen LogP contribution in [0.25, 0.3) is 22.9 Å². The van der Waals surface area contributed by atoms with E-state index in [1.54, 1.807) is 7.11 Å². The molecule has 0 fully saturated rings. The van der Waals surface area contributed by atoms with E-state index in [1.165, 1.54) is 0 Å². The van der Waals surface area contributed by atoms with Crippen molar-refractivity contribution < 1.29 is 18.6 Å². The molecule has 6 nitrogen and oxygen atoms in total. The van der Waals surface area contributed by atoms with Gasteiger partial charge in [-0.2, -0.15) is 0 Å². The lowest BCUT2D eigenvalue weighted by molar-refractivity contribution is 0.288. The fourth-order valence-corrected chi connectivity index (χ4v) is 2.45. The minimum absolute atomic E-state index is 0.402. The molecule has 0 unspecified atom stereocenters. The van der Waals surface area contributed by atoms with Crippen LogP contribution in [0.2, 0.25) is 0 Å². The van der Waals surface area contributed by atoms with Crippen LogP contribution in [0.15, 0.2) is 46.9 Å². The number of ether oxygens (including phenoxy) is 3. The largest absolute Gasteiger partial charge is 0.496 e. The molecular weight excluding hydrogens is 320 g/mol. The molecule has 130 valence electrons. The van der Waals surface area contributed by atoms with E-state index in [9.17, 15) is 0 Å². The SMILES string of the molecule is CCOc1ccc(-c2nnc(-c3ccccc3OC)o2)cc1OCC. The fraction of sp³-hybridized carbons (Fsp3) is 0.263. The third-order valence-electron chi connectivity index (χ3n) is 3.55. The van der Waals surface area contributed by atoms with Gasteiger partial charge in [0.15, 0.2) is 11.5 Å². The van der Waals surface area contributed by atoms with E-state index in [1.807, 2.05) is 56.3 Å². The van der Waals surface area contributed by atoms with E-state index in [0.29, 0.717) is 42.2 Å². The number of aromatic nitrogens is 2. The van der Waals surface area contributed by atoms with Crippen molar-refractivity contribution in [1.82, 2.24) is 10.2 Å². The average molecular weight is 340 g/mol. The first-order chi connectivity index (χ1) is 12.3. The smallest absolute Gasteiger partial charge is 0.251 e. The number of hydrogen-bond donors (Lipinski definition) is 0. The first-order valence-corrected chi connectivity index (χ1v) is 8.13. The van der Waals surface area contributed by atoms with Crippen molar-refractivity contribution in [2.24, 2.45) is 0 Å². The van der Waals surface area contributed by atoms with E-state index < -0.39 is 0 Å². The Morgan fingerprint density at radius 3 is 2.32 bits per heavy atom. The second-order valence-electron chi connectivity index (χ2n) is 5.14. The number of nitrogens with zero attached hydrogens (tertiary/aromatic N) is 2. The molecule has 0 amide bonds. The summed E-state index contributed by atoms with van der Waals surface area (Å²) in [5.74, 6) is 2.83. The molecule has 0 saturated carbocycles. The van der Waals surface area contributed by atoms with Crippen molar-refractivity contribution in [3.63, 3.8) is 0 Å². The van der Waals surface area contributed by atoms with Crippen LogP contribution in [0.1, 0.15) is 13.8 Å². The van der Waals surface area contributed by atoms with Gasteiger partial charge < -0.3 is 18.6 Å². The highest BCUT2D eigenvalue weighted by Crippen LogP contribution is 2.34. The second kappa shape index (κ2) is 7.70. The molecule has 0 aliphatic carbocycles. The van der Waals surface area contributed by atoms with Crippen molar-refractivity contribution in [1.29, 1.82) is 0 Å². The second-order valence-corrected chi connectivity index (χ2v) is 5.14. The Kier molecular flexibility index (Phi) is 5.18. The molecule has 0 N–H and O–H groups in total. The quantitative estimate of drug-likeness (QED) is 0.642. The highest BCUT2D eigenvalue weighted by Gasteiger charge is 2.16. The summed E-state index contributed by atoms with van der Waals surface area (Å²) in [4.78, 5) is 0. The molecule has 0 bridgehead atoms. The van der Waals surface area contributed by atoms with Crippen LogP contribution >= 0.6 is 0 Å². The maximum absolute atomic E-state index is 5.83. The molecular formula is C19H20N2O4. The Balaban J connectivity index is 1.95. The molecule has 0 atom stereocenters. The lowest BCUT2D eigenvalue weighted by Gasteiger charge is -2.11. The molecule has 0 aliphatic heterocycles. The highest BCUT2D eigenvalue weighted by atomic mass is 16.5. The molecule has 2 aromatic carbocycles. The molecule has 3 rings (SSSR count). The third kappa shape index (κ3) is 3.57. The van der Waals surface area contributed by atoms with Crippen LogP contribution in [0.4, 0.5) is 0 Å². The van der Waals surface area contributed by atoms with Gasteiger partial charge in [-0.05, 0) is 44.2 Å². The zero-order valence-electron chi connectivity index (χ0n) is 14.5. The number of benzene rings is 2. The first kappa shape index (κ1) is 16.8.